The first kappa shape index (κ1) is 23.6. The molecule has 1 aliphatic rings. The minimum atomic E-state index is -0.877. The monoisotopic (exact) mass is 382 g/mol. The summed E-state index contributed by atoms with van der Waals surface area (Å²) in [6.07, 6.45) is 3.27. The lowest BCUT2D eigenvalue weighted by atomic mass is 9.85. The number of rotatable bonds is 11. The van der Waals surface area contributed by atoms with Gasteiger partial charge >= 0.3 is 0 Å². The molecule has 0 aromatic rings. The quantitative estimate of drug-likeness (QED) is 0.431. The Morgan fingerprint density at radius 3 is 2.22 bits per heavy atom. The third-order valence-electron chi connectivity index (χ3n) is 5.89. The van der Waals surface area contributed by atoms with Crippen molar-refractivity contribution in [1.82, 2.24) is 16.0 Å². The van der Waals surface area contributed by atoms with Crippen molar-refractivity contribution < 1.29 is 14.4 Å². The fraction of sp³-hybridized carbons (Fsp3) is 0.850. The Morgan fingerprint density at radius 2 is 1.74 bits per heavy atom. The van der Waals surface area contributed by atoms with Gasteiger partial charge in [-0.2, -0.15) is 0 Å². The van der Waals surface area contributed by atoms with Crippen LogP contribution in [0.5, 0.6) is 0 Å². The minimum Gasteiger partial charge on any atom is -0.351 e. The molecule has 1 rings (SSSR count). The van der Waals surface area contributed by atoms with E-state index in [-0.39, 0.29) is 36.5 Å². The van der Waals surface area contributed by atoms with Gasteiger partial charge in [0.25, 0.3) is 0 Å². The maximum Gasteiger partial charge on any atom is 0.240 e. The average Bonchev–Trinajstić information content (AvgIpc) is 2.97. The highest BCUT2D eigenvalue weighted by Crippen LogP contribution is 2.20. The summed E-state index contributed by atoms with van der Waals surface area (Å²) in [5.41, 5.74) is 4.56. The SMILES string of the molecule is CCC(CC)NC(C)(C)C(=O)NC1CC(=O)NC1CC(=O)C(N)(CC)CC. The molecule has 0 bridgehead atoms. The van der Waals surface area contributed by atoms with E-state index in [1.807, 2.05) is 27.7 Å². The Kier molecular flexibility index (Phi) is 8.42. The van der Waals surface area contributed by atoms with E-state index in [2.05, 4.69) is 29.8 Å². The Bertz CT molecular complexity index is 539. The standard InChI is InChI=1S/C20H38N4O3/c1-7-13(8-2)24-19(5,6)18(27)23-15-12-17(26)22-14(15)11-16(25)20(21,9-3)10-4/h13-15,24H,7-12,21H2,1-6H3,(H,22,26)(H,23,27). The molecule has 0 aliphatic carbocycles. The van der Waals surface area contributed by atoms with Crippen molar-refractivity contribution in [2.75, 3.05) is 0 Å². The van der Waals surface area contributed by atoms with Gasteiger partial charge in [-0.1, -0.05) is 27.7 Å². The molecule has 0 aromatic heterocycles. The Labute approximate surface area is 163 Å². The van der Waals surface area contributed by atoms with Crippen LogP contribution in [0, 0.1) is 0 Å². The molecule has 0 spiro atoms. The van der Waals surface area contributed by atoms with E-state index in [1.165, 1.54) is 0 Å². The number of hydrogen-bond donors (Lipinski definition) is 4. The molecule has 0 saturated carbocycles. The summed E-state index contributed by atoms with van der Waals surface area (Å²) in [6.45, 7) is 11.6. The molecule has 1 heterocycles. The molecule has 0 radical (unpaired) electrons. The third-order valence-corrected chi connectivity index (χ3v) is 5.89. The van der Waals surface area contributed by atoms with Crippen LogP contribution in [-0.4, -0.2) is 46.8 Å². The van der Waals surface area contributed by atoms with E-state index >= 15 is 0 Å². The van der Waals surface area contributed by atoms with Gasteiger partial charge in [-0.15, -0.1) is 0 Å². The molecule has 27 heavy (non-hydrogen) atoms. The molecule has 2 unspecified atom stereocenters. The van der Waals surface area contributed by atoms with E-state index in [9.17, 15) is 14.4 Å². The summed E-state index contributed by atoms with van der Waals surface area (Å²) < 4.78 is 0. The Morgan fingerprint density at radius 1 is 1.19 bits per heavy atom. The zero-order chi connectivity index (χ0) is 20.8. The molecular weight excluding hydrogens is 344 g/mol. The van der Waals surface area contributed by atoms with Crippen LogP contribution in [0.3, 0.4) is 0 Å². The van der Waals surface area contributed by atoms with Crippen molar-refractivity contribution in [3.8, 4) is 0 Å². The van der Waals surface area contributed by atoms with Crippen molar-refractivity contribution in [2.24, 2.45) is 5.73 Å². The van der Waals surface area contributed by atoms with Gasteiger partial charge in [0.2, 0.25) is 11.8 Å². The highest BCUT2D eigenvalue weighted by atomic mass is 16.2. The van der Waals surface area contributed by atoms with Gasteiger partial charge in [0.05, 0.1) is 23.2 Å². The minimum absolute atomic E-state index is 0.0756. The highest BCUT2D eigenvalue weighted by Gasteiger charge is 2.40. The molecule has 2 amide bonds. The molecule has 1 saturated heterocycles. The second-order valence-electron chi connectivity index (χ2n) is 8.23. The fourth-order valence-corrected chi connectivity index (χ4v) is 3.52. The molecule has 7 heteroatoms. The van der Waals surface area contributed by atoms with Crippen LogP contribution in [0.2, 0.25) is 0 Å². The van der Waals surface area contributed by atoms with Crippen LogP contribution in [-0.2, 0) is 14.4 Å². The molecule has 156 valence electrons. The van der Waals surface area contributed by atoms with Crippen molar-refractivity contribution in [3.05, 3.63) is 0 Å². The van der Waals surface area contributed by atoms with Crippen molar-refractivity contribution in [2.45, 2.75) is 109 Å². The summed E-state index contributed by atoms with van der Waals surface area (Å²) in [7, 11) is 0. The van der Waals surface area contributed by atoms with Crippen LogP contribution >= 0.6 is 0 Å². The lowest BCUT2D eigenvalue weighted by Crippen LogP contribution is -2.59. The molecule has 2 atom stereocenters. The zero-order valence-corrected chi connectivity index (χ0v) is 17.8. The van der Waals surface area contributed by atoms with Gasteiger partial charge in [-0.25, -0.2) is 0 Å². The normalized spacial score (nSPS) is 20.7. The molecule has 7 nitrogen and oxygen atoms in total. The second kappa shape index (κ2) is 9.64. The van der Waals surface area contributed by atoms with Crippen LogP contribution in [0.4, 0.5) is 0 Å². The van der Waals surface area contributed by atoms with Gasteiger partial charge in [0.15, 0.2) is 5.78 Å². The first-order valence-corrected chi connectivity index (χ1v) is 10.2. The molecule has 1 fully saturated rings. The van der Waals surface area contributed by atoms with E-state index in [0.29, 0.717) is 12.8 Å². The topological polar surface area (TPSA) is 113 Å². The summed E-state index contributed by atoms with van der Waals surface area (Å²) in [5.74, 6) is -0.397. The van der Waals surface area contributed by atoms with Gasteiger partial charge in [-0.3, -0.25) is 14.4 Å². The molecule has 5 N–H and O–H groups in total. The number of carbonyl (C=O) groups excluding carboxylic acids is 3. The number of nitrogens with two attached hydrogens (primary N) is 1. The first-order chi connectivity index (χ1) is 12.5. The van der Waals surface area contributed by atoms with Crippen LogP contribution in [0.15, 0.2) is 0 Å². The van der Waals surface area contributed by atoms with Crippen molar-refractivity contribution in [1.29, 1.82) is 0 Å². The highest BCUT2D eigenvalue weighted by molar-refractivity contribution is 5.91. The third kappa shape index (κ3) is 6.01. The first-order valence-electron chi connectivity index (χ1n) is 10.2. The van der Waals surface area contributed by atoms with E-state index in [1.54, 1.807) is 0 Å². The second-order valence-corrected chi connectivity index (χ2v) is 8.23. The van der Waals surface area contributed by atoms with E-state index in [0.717, 1.165) is 12.8 Å². The van der Waals surface area contributed by atoms with Crippen molar-refractivity contribution in [3.63, 3.8) is 0 Å². The number of carbonyl (C=O) groups is 3. The molecule has 1 aliphatic heterocycles. The number of Topliss-reactive ketones (excluding diaryl/α,β-unsaturated/α-hetero) is 1. The maximum absolute atomic E-state index is 12.8. The van der Waals surface area contributed by atoms with Gasteiger partial charge < -0.3 is 21.7 Å². The Hall–Kier alpha value is -1.47. The lowest BCUT2D eigenvalue weighted by Gasteiger charge is -2.32. The fourth-order valence-electron chi connectivity index (χ4n) is 3.52. The zero-order valence-electron chi connectivity index (χ0n) is 17.8. The van der Waals surface area contributed by atoms with Crippen LogP contribution < -0.4 is 21.7 Å². The lowest BCUT2D eigenvalue weighted by molar-refractivity contribution is -0.128. The number of nitrogens with one attached hydrogen (secondary N) is 3. The number of ketones is 1. The van der Waals surface area contributed by atoms with Gasteiger partial charge in [-0.05, 0) is 39.5 Å². The molecular formula is C20H38N4O3. The van der Waals surface area contributed by atoms with Gasteiger partial charge in [0, 0.05) is 18.9 Å². The summed E-state index contributed by atoms with van der Waals surface area (Å²) in [5, 5.41) is 9.16. The Balaban J connectivity index is 2.81. The summed E-state index contributed by atoms with van der Waals surface area (Å²) in [6, 6.07) is -0.577. The smallest absolute Gasteiger partial charge is 0.240 e. The number of hydrogen-bond acceptors (Lipinski definition) is 5. The van der Waals surface area contributed by atoms with E-state index in [4.69, 9.17) is 5.73 Å². The predicted octanol–water partition coefficient (Wildman–Crippen LogP) is 1.39. The van der Waals surface area contributed by atoms with Crippen LogP contribution in [0.1, 0.15) is 80.1 Å². The molecule has 0 aromatic carbocycles. The summed E-state index contributed by atoms with van der Waals surface area (Å²) in [4.78, 5) is 37.4. The van der Waals surface area contributed by atoms with Crippen LogP contribution in [0.25, 0.3) is 0 Å². The van der Waals surface area contributed by atoms with Crippen molar-refractivity contribution >= 4 is 17.6 Å². The predicted molar refractivity (Wildman–Crippen MR) is 107 cm³/mol. The average molecular weight is 383 g/mol. The van der Waals surface area contributed by atoms with Gasteiger partial charge in [0.1, 0.15) is 0 Å². The number of amides is 2. The largest absolute Gasteiger partial charge is 0.351 e. The summed E-state index contributed by atoms with van der Waals surface area (Å²) >= 11 is 0. The maximum atomic E-state index is 12.8. The van der Waals surface area contributed by atoms with E-state index < -0.39 is 23.2 Å².